The van der Waals surface area contributed by atoms with Gasteiger partial charge in [-0.15, -0.1) is 0 Å². The van der Waals surface area contributed by atoms with E-state index in [1.165, 1.54) is 16.7 Å². The van der Waals surface area contributed by atoms with Crippen LogP contribution < -0.4 is 0 Å². The van der Waals surface area contributed by atoms with Crippen LogP contribution in [0.15, 0.2) is 65.7 Å². The molecule has 0 aliphatic carbocycles. The Kier molecular flexibility index (Phi) is 5.10. The van der Waals surface area contributed by atoms with E-state index in [-0.39, 0.29) is 0 Å². The van der Waals surface area contributed by atoms with E-state index in [9.17, 15) is 0 Å². The summed E-state index contributed by atoms with van der Waals surface area (Å²) < 4.78 is 0. The lowest BCUT2D eigenvalue weighted by atomic mass is 10.0. The van der Waals surface area contributed by atoms with E-state index in [0.717, 1.165) is 11.4 Å². The van der Waals surface area contributed by atoms with E-state index < -0.39 is 0 Å². The molecule has 0 radical (unpaired) electrons. The fraction of sp³-hybridized carbons (Fsp3) is 0.250. The van der Waals surface area contributed by atoms with E-state index >= 15 is 0 Å². The van der Waals surface area contributed by atoms with Crippen LogP contribution in [0, 0.1) is 12.8 Å². The monoisotopic (exact) mass is 277 g/mol. The first-order valence-corrected chi connectivity index (χ1v) is 7.46. The Labute approximate surface area is 128 Å². The highest BCUT2D eigenvalue weighted by molar-refractivity contribution is 5.96. The number of benzene rings is 2. The van der Waals surface area contributed by atoms with E-state index in [1.54, 1.807) is 0 Å². The van der Waals surface area contributed by atoms with Crippen molar-refractivity contribution in [3.63, 3.8) is 0 Å². The van der Waals surface area contributed by atoms with Gasteiger partial charge in [0.2, 0.25) is 0 Å². The van der Waals surface area contributed by atoms with Gasteiger partial charge in [0.25, 0.3) is 0 Å². The molecule has 21 heavy (non-hydrogen) atoms. The second-order valence-corrected chi connectivity index (χ2v) is 5.74. The molecular formula is C20H23N. The molecule has 0 bridgehead atoms. The lowest BCUT2D eigenvalue weighted by Crippen LogP contribution is -1.87. The predicted octanol–water partition coefficient (Wildman–Crippen LogP) is 5.97. The highest BCUT2D eigenvalue weighted by Gasteiger charge is 2.03. The van der Waals surface area contributed by atoms with Gasteiger partial charge >= 0.3 is 0 Å². The van der Waals surface area contributed by atoms with Crippen molar-refractivity contribution in [2.24, 2.45) is 10.9 Å². The summed E-state index contributed by atoms with van der Waals surface area (Å²) in [6.07, 6.45) is 4.27. The molecule has 0 spiro atoms. The van der Waals surface area contributed by atoms with Crippen LogP contribution in [0.2, 0.25) is 0 Å². The van der Waals surface area contributed by atoms with E-state index in [0.29, 0.717) is 5.92 Å². The number of para-hydroxylation sites is 1. The van der Waals surface area contributed by atoms with Crippen LogP contribution in [0.5, 0.6) is 0 Å². The molecule has 0 N–H and O–H groups in total. The summed E-state index contributed by atoms with van der Waals surface area (Å²) in [7, 11) is 0. The summed E-state index contributed by atoms with van der Waals surface area (Å²) in [4.78, 5) is 4.76. The van der Waals surface area contributed by atoms with E-state index in [4.69, 9.17) is 4.99 Å². The van der Waals surface area contributed by atoms with Gasteiger partial charge in [-0.25, -0.2) is 0 Å². The molecular weight excluding hydrogens is 254 g/mol. The largest absolute Gasteiger partial charge is 0.253 e. The van der Waals surface area contributed by atoms with Crippen LogP contribution in [0.3, 0.4) is 0 Å². The zero-order chi connectivity index (χ0) is 15.2. The van der Waals surface area contributed by atoms with Gasteiger partial charge in [0, 0.05) is 11.3 Å². The first kappa shape index (κ1) is 15.2. The Morgan fingerprint density at radius 1 is 1.00 bits per heavy atom. The van der Waals surface area contributed by atoms with E-state index in [1.807, 2.05) is 13.0 Å². The van der Waals surface area contributed by atoms with Crippen LogP contribution in [0.1, 0.15) is 26.3 Å². The summed E-state index contributed by atoms with van der Waals surface area (Å²) in [5, 5.41) is 0. The average Bonchev–Trinajstić information content (AvgIpc) is 2.47. The maximum Gasteiger partial charge on any atom is 0.0711 e. The van der Waals surface area contributed by atoms with Gasteiger partial charge in [-0.1, -0.05) is 68.0 Å². The van der Waals surface area contributed by atoms with Gasteiger partial charge in [0.05, 0.1) is 5.69 Å². The number of hydrogen-bond donors (Lipinski definition) is 0. The van der Waals surface area contributed by atoms with Gasteiger partial charge in [0.1, 0.15) is 0 Å². The Balaban J connectivity index is 2.37. The number of nitrogens with zero attached hydrogens (tertiary/aromatic N) is 1. The molecule has 2 aromatic carbocycles. The third-order valence-corrected chi connectivity index (χ3v) is 3.29. The van der Waals surface area contributed by atoms with Crippen LogP contribution in [0.25, 0.3) is 11.1 Å². The lowest BCUT2D eigenvalue weighted by Gasteiger charge is -2.07. The molecule has 0 fully saturated rings. The third kappa shape index (κ3) is 4.42. The maximum absolute atomic E-state index is 4.76. The zero-order valence-corrected chi connectivity index (χ0v) is 13.3. The molecule has 0 atom stereocenters. The molecule has 0 saturated carbocycles. The summed E-state index contributed by atoms with van der Waals surface area (Å²) >= 11 is 0. The Bertz CT molecular complexity index is 646. The summed E-state index contributed by atoms with van der Waals surface area (Å²) in [5.41, 5.74) is 5.71. The highest BCUT2D eigenvalue weighted by Crippen LogP contribution is 2.30. The molecule has 0 unspecified atom stereocenters. The first-order valence-electron chi connectivity index (χ1n) is 7.46. The zero-order valence-electron chi connectivity index (χ0n) is 13.3. The molecule has 108 valence electrons. The van der Waals surface area contributed by atoms with Crippen LogP contribution in [-0.4, -0.2) is 5.71 Å². The molecule has 2 aromatic rings. The SMILES string of the molecule is CC(C=CC(C)C)=Nc1ccccc1-c1ccc(C)cc1. The summed E-state index contributed by atoms with van der Waals surface area (Å²) in [6.45, 7) is 8.49. The van der Waals surface area contributed by atoms with E-state index in [2.05, 4.69) is 75.4 Å². The predicted molar refractivity (Wildman–Crippen MR) is 93.4 cm³/mol. The third-order valence-electron chi connectivity index (χ3n) is 3.29. The number of allylic oxidation sites excluding steroid dienone is 2. The molecule has 0 aromatic heterocycles. The highest BCUT2D eigenvalue weighted by atomic mass is 14.7. The molecule has 0 aliphatic rings. The van der Waals surface area contributed by atoms with Crippen molar-refractivity contribution in [3.8, 4) is 11.1 Å². The second kappa shape index (κ2) is 7.03. The Morgan fingerprint density at radius 3 is 2.33 bits per heavy atom. The summed E-state index contributed by atoms with van der Waals surface area (Å²) in [6, 6.07) is 16.9. The topological polar surface area (TPSA) is 12.4 Å². The minimum Gasteiger partial charge on any atom is -0.253 e. The standard InChI is InChI=1S/C20H23N/c1-15(2)9-12-17(4)21-20-8-6-5-7-19(20)18-13-10-16(3)11-14-18/h5-15H,1-4H3. The number of hydrogen-bond acceptors (Lipinski definition) is 1. The number of aryl methyl sites for hydroxylation is 1. The smallest absolute Gasteiger partial charge is 0.0711 e. The fourth-order valence-corrected chi connectivity index (χ4v) is 2.11. The number of aliphatic imine (C=N–C) groups is 1. The van der Waals surface area contributed by atoms with Crippen LogP contribution in [-0.2, 0) is 0 Å². The minimum absolute atomic E-state index is 0.544. The van der Waals surface area contributed by atoms with Crippen molar-refractivity contribution in [2.75, 3.05) is 0 Å². The van der Waals surface area contributed by atoms with Crippen molar-refractivity contribution in [1.82, 2.24) is 0 Å². The van der Waals surface area contributed by atoms with Gasteiger partial charge in [-0.2, -0.15) is 0 Å². The summed E-state index contributed by atoms with van der Waals surface area (Å²) in [5.74, 6) is 0.544. The van der Waals surface area contributed by atoms with Crippen molar-refractivity contribution >= 4 is 11.4 Å². The second-order valence-electron chi connectivity index (χ2n) is 5.74. The average molecular weight is 277 g/mol. The lowest BCUT2D eigenvalue weighted by molar-refractivity contribution is 0.832. The molecule has 0 heterocycles. The Hall–Kier alpha value is -2.15. The molecule has 2 rings (SSSR count). The Morgan fingerprint density at radius 2 is 1.67 bits per heavy atom. The van der Waals surface area contributed by atoms with Crippen molar-refractivity contribution in [1.29, 1.82) is 0 Å². The normalized spacial score (nSPS) is 12.3. The van der Waals surface area contributed by atoms with Gasteiger partial charge < -0.3 is 0 Å². The van der Waals surface area contributed by atoms with Crippen molar-refractivity contribution in [3.05, 3.63) is 66.2 Å². The molecule has 1 nitrogen and oxygen atoms in total. The van der Waals surface area contributed by atoms with Crippen molar-refractivity contribution < 1.29 is 0 Å². The van der Waals surface area contributed by atoms with Gasteiger partial charge in [-0.05, 0) is 37.5 Å². The quantitative estimate of drug-likeness (QED) is 0.611. The first-order chi connectivity index (χ1) is 10.1. The molecule has 0 saturated heterocycles. The molecule has 0 amide bonds. The maximum atomic E-state index is 4.76. The van der Waals surface area contributed by atoms with Crippen LogP contribution >= 0.6 is 0 Å². The van der Waals surface area contributed by atoms with Crippen LogP contribution in [0.4, 0.5) is 5.69 Å². The minimum atomic E-state index is 0.544. The molecule has 1 heteroatoms. The van der Waals surface area contributed by atoms with Gasteiger partial charge in [0.15, 0.2) is 0 Å². The van der Waals surface area contributed by atoms with Crippen molar-refractivity contribution in [2.45, 2.75) is 27.7 Å². The van der Waals surface area contributed by atoms with Gasteiger partial charge in [-0.3, -0.25) is 4.99 Å². The number of rotatable bonds is 4. The fourth-order valence-electron chi connectivity index (χ4n) is 2.11. The molecule has 0 aliphatic heterocycles.